The third kappa shape index (κ3) is 2.00. The van der Waals surface area contributed by atoms with E-state index in [0.29, 0.717) is 11.3 Å². The van der Waals surface area contributed by atoms with E-state index in [-0.39, 0.29) is 10.5 Å². The maximum atomic E-state index is 12.8. The summed E-state index contributed by atoms with van der Waals surface area (Å²) in [7, 11) is 0. The summed E-state index contributed by atoms with van der Waals surface area (Å²) < 4.78 is 38.4. The van der Waals surface area contributed by atoms with Crippen molar-refractivity contribution in [1.82, 2.24) is 9.97 Å². The van der Waals surface area contributed by atoms with Crippen molar-refractivity contribution in [2.24, 2.45) is 4.99 Å². The normalized spacial score (nSPS) is 22.1. The lowest BCUT2D eigenvalue weighted by molar-refractivity contribution is -0.137. The third-order valence-electron chi connectivity index (χ3n) is 3.21. The number of imidazole rings is 1. The van der Waals surface area contributed by atoms with Crippen LogP contribution in [0.4, 0.5) is 13.2 Å². The van der Waals surface area contributed by atoms with Crippen LogP contribution in [0.2, 0.25) is 5.02 Å². The molecule has 0 unspecified atom stereocenters. The molecule has 0 amide bonds. The van der Waals surface area contributed by atoms with E-state index in [4.69, 9.17) is 11.6 Å². The van der Waals surface area contributed by atoms with E-state index in [1.807, 2.05) is 13.0 Å². The lowest BCUT2D eigenvalue weighted by atomic mass is 10.0. The number of fused-ring (bicyclic) bond motifs is 1. The fraction of sp³-hybridized carbons (Fsp3) is 0.231. The number of hydrogen-bond acceptors (Lipinski definition) is 2. The fourth-order valence-electron chi connectivity index (χ4n) is 2.10. The van der Waals surface area contributed by atoms with E-state index in [1.54, 1.807) is 12.3 Å². The lowest BCUT2D eigenvalue weighted by Gasteiger charge is -2.14. The number of aromatic amines is 1. The monoisotopic (exact) mass is 299 g/mol. The molecule has 3 rings (SSSR count). The van der Waals surface area contributed by atoms with E-state index >= 15 is 0 Å². The number of alkyl halides is 3. The van der Waals surface area contributed by atoms with Gasteiger partial charge in [-0.2, -0.15) is 13.2 Å². The maximum absolute atomic E-state index is 12.8. The van der Waals surface area contributed by atoms with Crippen LogP contribution in [0, 0.1) is 0 Å². The van der Waals surface area contributed by atoms with Crippen molar-refractivity contribution in [3.8, 4) is 0 Å². The molecule has 0 saturated heterocycles. The summed E-state index contributed by atoms with van der Waals surface area (Å²) in [4.78, 5) is 11.4. The molecule has 104 valence electrons. The first kappa shape index (κ1) is 13.2. The van der Waals surface area contributed by atoms with E-state index in [0.717, 1.165) is 6.07 Å². The second-order valence-electron chi connectivity index (χ2n) is 4.72. The van der Waals surface area contributed by atoms with E-state index in [2.05, 4.69) is 15.0 Å². The molecule has 2 heterocycles. The van der Waals surface area contributed by atoms with Crippen LogP contribution >= 0.6 is 11.6 Å². The Labute approximate surface area is 117 Å². The summed E-state index contributed by atoms with van der Waals surface area (Å²) >= 11 is 5.67. The van der Waals surface area contributed by atoms with Gasteiger partial charge in [0.25, 0.3) is 0 Å². The van der Waals surface area contributed by atoms with Crippen molar-refractivity contribution in [1.29, 1.82) is 0 Å². The van der Waals surface area contributed by atoms with Gasteiger partial charge in [0, 0.05) is 6.21 Å². The molecule has 3 nitrogen and oxygen atoms in total. The van der Waals surface area contributed by atoms with Crippen molar-refractivity contribution >= 4 is 28.8 Å². The van der Waals surface area contributed by atoms with Crippen LogP contribution in [0.25, 0.3) is 11.0 Å². The highest BCUT2D eigenvalue weighted by molar-refractivity contribution is 6.32. The highest BCUT2D eigenvalue weighted by Crippen LogP contribution is 2.37. The molecule has 0 fully saturated rings. The molecule has 1 aromatic carbocycles. The largest absolute Gasteiger partial charge is 0.417 e. The summed E-state index contributed by atoms with van der Waals surface area (Å²) in [6, 6.07) is 2.19. The zero-order chi connectivity index (χ0) is 14.5. The molecule has 20 heavy (non-hydrogen) atoms. The van der Waals surface area contributed by atoms with Gasteiger partial charge in [-0.05, 0) is 31.2 Å². The fourth-order valence-corrected chi connectivity index (χ4v) is 2.36. The van der Waals surface area contributed by atoms with Crippen LogP contribution in [0.5, 0.6) is 0 Å². The smallest absolute Gasteiger partial charge is 0.340 e. The van der Waals surface area contributed by atoms with Crippen molar-refractivity contribution in [2.45, 2.75) is 18.6 Å². The zero-order valence-electron chi connectivity index (χ0n) is 10.3. The molecular weight excluding hydrogens is 291 g/mol. The van der Waals surface area contributed by atoms with Crippen molar-refractivity contribution in [3.63, 3.8) is 0 Å². The summed E-state index contributed by atoms with van der Waals surface area (Å²) in [6.45, 7) is 1.82. The molecule has 7 heteroatoms. The minimum Gasteiger partial charge on any atom is -0.340 e. The third-order valence-corrected chi connectivity index (χ3v) is 3.52. The van der Waals surface area contributed by atoms with Gasteiger partial charge in [-0.1, -0.05) is 11.6 Å². The maximum Gasteiger partial charge on any atom is 0.417 e. The number of nitrogens with zero attached hydrogens (tertiary/aromatic N) is 2. The minimum absolute atomic E-state index is 0.286. The number of rotatable bonds is 1. The Bertz CT molecular complexity index is 731. The van der Waals surface area contributed by atoms with Crippen LogP contribution in [-0.4, -0.2) is 16.2 Å². The number of aliphatic imine (C=N–C) groups is 1. The van der Waals surface area contributed by atoms with Gasteiger partial charge in [-0.25, -0.2) is 4.98 Å². The second kappa shape index (κ2) is 4.09. The first-order valence-electron chi connectivity index (χ1n) is 5.79. The topological polar surface area (TPSA) is 41.0 Å². The van der Waals surface area contributed by atoms with Crippen LogP contribution in [0.3, 0.4) is 0 Å². The average molecular weight is 300 g/mol. The second-order valence-corrected chi connectivity index (χ2v) is 5.12. The molecule has 0 spiro atoms. The standard InChI is InChI=1S/C13H9ClF3N3/c1-12(3-2-4-18-12)11-19-9-5-7(13(15,16)17)8(14)6-10(9)20-11/h2-6H,1H3,(H,19,20)/t12-/m0/s1. The summed E-state index contributed by atoms with van der Waals surface area (Å²) in [5, 5.41) is -0.362. The van der Waals surface area contributed by atoms with Crippen molar-refractivity contribution < 1.29 is 13.2 Å². The molecule has 0 radical (unpaired) electrons. The van der Waals surface area contributed by atoms with Crippen molar-refractivity contribution in [3.05, 3.63) is 40.7 Å². The van der Waals surface area contributed by atoms with E-state index < -0.39 is 17.3 Å². The molecular formula is C13H9ClF3N3. The van der Waals surface area contributed by atoms with Gasteiger partial charge in [0.1, 0.15) is 11.4 Å². The predicted molar refractivity (Wildman–Crippen MR) is 71.1 cm³/mol. The van der Waals surface area contributed by atoms with Crippen LogP contribution < -0.4 is 0 Å². The van der Waals surface area contributed by atoms with Gasteiger partial charge in [0.05, 0.1) is 21.6 Å². The Hall–Kier alpha value is -1.82. The quantitative estimate of drug-likeness (QED) is 0.846. The van der Waals surface area contributed by atoms with Gasteiger partial charge in [0.15, 0.2) is 0 Å². The molecule has 2 aromatic rings. The number of aromatic nitrogens is 2. The molecule has 0 bridgehead atoms. The number of halogens is 4. The van der Waals surface area contributed by atoms with Gasteiger partial charge < -0.3 is 4.98 Å². The first-order chi connectivity index (χ1) is 9.29. The lowest BCUT2D eigenvalue weighted by Crippen LogP contribution is -2.15. The number of allylic oxidation sites excluding steroid dienone is 1. The Morgan fingerprint density at radius 3 is 2.65 bits per heavy atom. The Morgan fingerprint density at radius 2 is 2.05 bits per heavy atom. The number of hydrogen-bond donors (Lipinski definition) is 1. The van der Waals surface area contributed by atoms with Gasteiger partial charge in [-0.15, -0.1) is 0 Å². The van der Waals surface area contributed by atoms with E-state index in [9.17, 15) is 13.2 Å². The summed E-state index contributed by atoms with van der Waals surface area (Å²) in [5.74, 6) is 0.480. The molecule has 0 saturated carbocycles. The van der Waals surface area contributed by atoms with E-state index in [1.165, 1.54) is 6.07 Å². The SMILES string of the molecule is C[C@@]1(c2nc3cc(Cl)c(C(F)(F)F)cc3[nH]2)C=CC=N1. The van der Waals surface area contributed by atoms with Gasteiger partial charge in [-0.3, -0.25) is 4.99 Å². The summed E-state index contributed by atoms with van der Waals surface area (Å²) in [5.41, 5.74) is -0.884. The molecule has 1 atom stereocenters. The molecule has 1 aliphatic heterocycles. The van der Waals surface area contributed by atoms with Crippen LogP contribution in [0.15, 0.2) is 29.3 Å². The molecule has 1 N–H and O–H groups in total. The van der Waals surface area contributed by atoms with Crippen molar-refractivity contribution in [2.75, 3.05) is 0 Å². The number of benzene rings is 1. The Morgan fingerprint density at radius 1 is 1.30 bits per heavy atom. The highest BCUT2D eigenvalue weighted by atomic mass is 35.5. The molecule has 0 aliphatic carbocycles. The zero-order valence-corrected chi connectivity index (χ0v) is 11.0. The highest BCUT2D eigenvalue weighted by Gasteiger charge is 2.34. The van der Waals surface area contributed by atoms with Gasteiger partial charge in [0.2, 0.25) is 0 Å². The summed E-state index contributed by atoms with van der Waals surface area (Å²) in [6.07, 6.45) is 0.714. The Balaban J connectivity index is 2.17. The first-order valence-corrected chi connectivity index (χ1v) is 6.17. The molecule has 1 aromatic heterocycles. The number of H-pyrrole nitrogens is 1. The number of nitrogens with one attached hydrogen (secondary N) is 1. The van der Waals surface area contributed by atoms with Crippen LogP contribution in [0.1, 0.15) is 18.3 Å². The minimum atomic E-state index is -4.49. The average Bonchev–Trinajstić information content (AvgIpc) is 2.93. The Kier molecular flexibility index (Phi) is 2.69. The van der Waals surface area contributed by atoms with Gasteiger partial charge >= 0.3 is 6.18 Å². The van der Waals surface area contributed by atoms with Crippen LogP contribution in [-0.2, 0) is 11.7 Å². The molecule has 1 aliphatic rings. The predicted octanol–water partition coefficient (Wildman–Crippen LogP) is 4.09.